The van der Waals surface area contributed by atoms with Crippen molar-refractivity contribution in [2.24, 2.45) is 23.2 Å². The summed E-state index contributed by atoms with van der Waals surface area (Å²) in [6.45, 7) is 11.3. The predicted molar refractivity (Wildman–Crippen MR) is 65.0 cm³/mol. The Kier molecular flexibility index (Phi) is 2.97. The lowest BCUT2D eigenvalue weighted by Crippen LogP contribution is -2.55. The van der Waals surface area contributed by atoms with Gasteiger partial charge in [-0.2, -0.15) is 0 Å². The van der Waals surface area contributed by atoms with Gasteiger partial charge in [-0.3, -0.25) is 0 Å². The van der Waals surface area contributed by atoms with Crippen LogP contribution < -0.4 is 0 Å². The molecule has 1 saturated heterocycles. The lowest BCUT2D eigenvalue weighted by atomic mass is 9.56. The van der Waals surface area contributed by atoms with E-state index in [0.29, 0.717) is 24.4 Å². The number of hydrogen-bond donors (Lipinski definition) is 1. The molecule has 1 N–H and O–H groups in total. The van der Waals surface area contributed by atoms with Gasteiger partial charge in [0.15, 0.2) is 0 Å². The van der Waals surface area contributed by atoms with Gasteiger partial charge < -0.3 is 9.84 Å². The van der Waals surface area contributed by atoms with Crippen molar-refractivity contribution >= 4 is 0 Å². The van der Waals surface area contributed by atoms with Gasteiger partial charge in [0.05, 0.1) is 19.3 Å². The lowest BCUT2D eigenvalue weighted by Gasteiger charge is -2.54. The monoisotopic (exact) mass is 222 g/mol. The zero-order valence-corrected chi connectivity index (χ0v) is 10.4. The SMILES string of the molecule is C=C[C@H]1OC[C@]2(CO)[C@@H](C)C=C(C)[C@H]1[C@@H]2C. The van der Waals surface area contributed by atoms with Crippen molar-refractivity contribution in [3.05, 3.63) is 24.3 Å². The summed E-state index contributed by atoms with van der Waals surface area (Å²) >= 11 is 0. The van der Waals surface area contributed by atoms with E-state index in [9.17, 15) is 5.11 Å². The highest BCUT2D eigenvalue weighted by molar-refractivity contribution is 5.22. The summed E-state index contributed by atoms with van der Waals surface area (Å²) in [6.07, 6.45) is 4.31. The number of fused-ring (bicyclic) bond motifs is 2. The molecule has 1 fully saturated rings. The maximum Gasteiger partial charge on any atom is 0.0821 e. The fraction of sp³-hybridized carbons (Fsp3) is 0.714. The Morgan fingerprint density at radius 3 is 2.88 bits per heavy atom. The molecule has 0 aromatic carbocycles. The highest BCUT2D eigenvalue weighted by Crippen LogP contribution is 2.52. The molecule has 0 aromatic rings. The predicted octanol–water partition coefficient (Wildman–Crippen LogP) is 2.40. The average Bonchev–Trinajstić information content (AvgIpc) is 2.26. The Labute approximate surface area is 98.0 Å². The van der Waals surface area contributed by atoms with E-state index in [4.69, 9.17) is 4.74 Å². The summed E-state index contributed by atoms with van der Waals surface area (Å²) in [5.74, 6) is 1.22. The Morgan fingerprint density at radius 2 is 2.31 bits per heavy atom. The molecule has 0 unspecified atom stereocenters. The van der Waals surface area contributed by atoms with E-state index in [-0.39, 0.29) is 18.1 Å². The van der Waals surface area contributed by atoms with Crippen molar-refractivity contribution in [3.8, 4) is 0 Å². The van der Waals surface area contributed by atoms with E-state index in [2.05, 4.69) is 33.4 Å². The summed E-state index contributed by atoms with van der Waals surface area (Å²) in [5.41, 5.74) is 1.29. The van der Waals surface area contributed by atoms with Crippen LogP contribution in [0.2, 0.25) is 0 Å². The van der Waals surface area contributed by atoms with Gasteiger partial charge in [0.2, 0.25) is 0 Å². The molecule has 2 bridgehead atoms. The van der Waals surface area contributed by atoms with Crippen LogP contribution in [0.4, 0.5) is 0 Å². The molecule has 1 aliphatic carbocycles. The Morgan fingerprint density at radius 1 is 1.62 bits per heavy atom. The van der Waals surface area contributed by atoms with Crippen LogP contribution in [0.1, 0.15) is 20.8 Å². The highest BCUT2D eigenvalue weighted by atomic mass is 16.5. The molecule has 0 amide bonds. The van der Waals surface area contributed by atoms with Gasteiger partial charge in [0.1, 0.15) is 0 Å². The molecule has 2 heteroatoms. The van der Waals surface area contributed by atoms with E-state index in [0.717, 1.165) is 0 Å². The number of aliphatic hydroxyl groups is 1. The minimum absolute atomic E-state index is 0.0936. The first-order chi connectivity index (χ1) is 7.56. The van der Waals surface area contributed by atoms with Crippen LogP contribution in [-0.2, 0) is 4.74 Å². The van der Waals surface area contributed by atoms with E-state index in [1.54, 1.807) is 0 Å². The smallest absolute Gasteiger partial charge is 0.0821 e. The summed E-state index contributed by atoms with van der Waals surface area (Å²) < 4.78 is 5.88. The largest absolute Gasteiger partial charge is 0.396 e. The minimum Gasteiger partial charge on any atom is -0.396 e. The number of ether oxygens (including phenoxy) is 1. The second-order valence-electron chi connectivity index (χ2n) is 5.42. The third-order valence-corrected chi connectivity index (χ3v) is 4.82. The van der Waals surface area contributed by atoms with Crippen molar-refractivity contribution in [3.63, 3.8) is 0 Å². The van der Waals surface area contributed by atoms with Crippen LogP contribution in [0.15, 0.2) is 24.3 Å². The quantitative estimate of drug-likeness (QED) is 0.727. The van der Waals surface area contributed by atoms with E-state index in [1.165, 1.54) is 5.57 Å². The summed E-state index contributed by atoms with van der Waals surface area (Å²) in [4.78, 5) is 0. The molecule has 16 heavy (non-hydrogen) atoms. The van der Waals surface area contributed by atoms with Crippen molar-refractivity contribution in [2.45, 2.75) is 26.9 Å². The zero-order valence-electron chi connectivity index (χ0n) is 10.4. The van der Waals surface area contributed by atoms with E-state index < -0.39 is 0 Å². The van der Waals surface area contributed by atoms with Gasteiger partial charge in [-0.25, -0.2) is 0 Å². The van der Waals surface area contributed by atoms with Crippen LogP contribution >= 0.6 is 0 Å². The molecule has 1 heterocycles. The minimum atomic E-state index is -0.0936. The summed E-state index contributed by atoms with van der Waals surface area (Å²) in [6, 6.07) is 0. The molecular weight excluding hydrogens is 200 g/mol. The van der Waals surface area contributed by atoms with Crippen molar-refractivity contribution < 1.29 is 9.84 Å². The van der Waals surface area contributed by atoms with E-state index >= 15 is 0 Å². The Hall–Kier alpha value is -0.600. The van der Waals surface area contributed by atoms with Crippen molar-refractivity contribution in [1.29, 1.82) is 0 Å². The Balaban J connectivity index is 2.44. The molecule has 0 radical (unpaired) electrons. The summed E-state index contributed by atoms with van der Waals surface area (Å²) in [7, 11) is 0. The van der Waals surface area contributed by atoms with Gasteiger partial charge in [0.25, 0.3) is 0 Å². The number of hydrogen-bond acceptors (Lipinski definition) is 2. The van der Waals surface area contributed by atoms with Crippen LogP contribution in [0.5, 0.6) is 0 Å². The maximum absolute atomic E-state index is 9.74. The van der Waals surface area contributed by atoms with E-state index in [1.807, 2.05) is 6.08 Å². The molecule has 90 valence electrons. The van der Waals surface area contributed by atoms with Gasteiger partial charge >= 0.3 is 0 Å². The first-order valence-electron chi connectivity index (χ1n) is 6.10. The number of rotatable bonds is 2. The zero-order chi connectivity index (χ0) is 11.9. The molecule has 0 saturated carbocycles. The van der Waals surface area contributed by atoms with Crippen LogP contribution in [-0.4, -0.2) is 24.4 Å². The van der Waals surface area contributed by atoms with Crippen LogP contribution in [0, 0.1) is 23.2 Å². The van der Waals surface area contributed by atoms with Gasteiger partial charge in [-0.15, -0.1) is 6.58 Å². The maximum atomic E-state index is 9.74. The second-order valence-corrected chi connectivity index (χ2v) is 5.42. The fourth-order valence-corrected chi connectivity index (χ4v) is 3.55. The molecule has 2 rings (SSSR count). The molecule has 2 nitrogen and oxygen atoms in total. The normalized spacial score (nSPS) is 47.4. The van der Waals surface area contributed by atoms with Gasteiger partial charge in [-0.05, 0) is 18.8 Å². The summed E-state index contributed by atoms with van der Waals surface area (Å²) in [5, 5.41) is 9.74. The van der Waals surface area contributed by atoms with Crippen LogP contribution in [0.3, 0.4) is 0 Å². The molecule has 0 aromatic heterocycles. The number of allylic oxidation sites excluding steroid dienone is 1. The molecule has 1 aliphatic heterocycles. The topological polar surface area (TPSA) is 29.5 Å². The van der Waals surface area contributed by atoms with Crippen molar-refractivity contribution in [1.82, 2.24) is 0 Å². The molecule has 5 atom stereocenters. The first-order valence-corrected chi connectivity index (χ1v) is 6.10. The molecule has 2 aliphatic rings. The van der Waals surface area contributed by atoms with Crippen molar-refractivity contribution in [2.75, 3.05) is 13.2 Å². The Bertz CT molecular complexity index is 321. The highest BCUT2D eigenvalue weighted by Gasteiger charge is 2.52. The third-order valence-electron chi connectivity index (χ3n) is 4.82. The second kappa shape index (κ2) is 4.01. The molecular formula is C14H22O2. The third kappa shape index (κ3) is 1.40. The standard InChI is InChI=1S/C14H22O2/c1-5-12-13-9(2)6-10(3)14(7-15,8-16-12)11(13)4/h5-6,10-13,15H,1,7-8H2,2-4H3/t10-,11-,12+,13-,14+/m0/s1. The molecule has 0 spiro atoms. The first kappa shape index (κ1) is 11.9. The lowest BCUT2D eigenvalue weighted by molar-refractivity contribution is -0.148. The average molecular weight is 222 g/mol. The number of aliphatic hydroxyl groups excluding tert-OH is 1. The van der Waals surface area contributed by atoms with Gasteiger partial charge in [0, 0.05) is 11.3 Å². The van der Waals surface area contributed by atoms with Crippen LogP contribution in [0.25, 0.3) is 0 Å². The fourth-order valence-electron chi connectivity index (χ4n) is 3.55. The van der Waals surface area contributed by atoms with Gasteiger partial charge in [-0.1, -0.05) is 31.6 Å².